The third-order valence-electron chi connectivity index (χ3n) is 5.93. The van der Waals surface area contributed by atoms with Crippen molar-refractivity contribution in [3.05, 3.63) is 70.8 Å². The Morgan fingerprint density at radius 1 is 1.27 bits per heavy atom. The summed E-state index contributed by atoms with van der Waals surface area (Å²) in [5, 5.41) is 10.6. The summed E-state index contributed by atoms with van der Waals surface area (Å²) < 4.78 is 29.8. The first-order chi connectivity index (χ1) is 17.5. The fourth-order valence-corrected chi connectivity index (χ4v) is 4.23. The molecule has 6 nitrogen and oxygen atoms in total. The third-order valence-corrected chi connectivity index (χ3v) is 6.64. The molecule has 0 aliphatic heterocycles. The van der Waals surface area contributed by atoms with Crippen LogP contribution in [0.1, 0.15) is 46.2 Å². The Bertz CT molecular complexity index is 1240. The van der Waals surface area contributed by atoms with Crippen molar-refractivity contribution in [2.45, 2.75) is 52.4 Å². The molecule has 0 atom stereocenters. The van der Waals surface area contributed by atoms with Crippen molar-refractivity contribution in [1.82, 2.24) is 10.2 Å². The molecule has 2 aromatic rings. The van der Waals surface area contributed by atoms with Gasteiger partial charge >= 0.3 is 0 Å². The van der Waals surface area contributed by atoms with Gasteiger partial charge in [-0.25, -0.2) is 13.8 Å². The van der Waals surface area contributed by atoms with Gasteiger partial charge in [0, 0.05) is 35.5 Å². The molecular weight excluding hydrogens is 490 g/mol. The maximum absolute atomic E-state index is 14.9. The molecule has 1 saturated carbocycles. The molecular formula is C28H36F2N6S. The van der Waals surface area contributed by atoms with Crippen LogP contribution in [0.5, 0.6) is 0 Å². The lowest BCUT2D eigenvalue weighted by Gasteiger charge is -2.22. The fourth-order valence-electron chi connectivity index (χ4n) is 3.79. The summed E-state index contributed by atoms with van der Waals surface area (Å²) in [6, 6.07) is 4.53. The Morgan fingerprint density at radius 3 is 2.41 bits per heavy atom. The van der Waals surface area contributed by atoms with Gasteiger partial charge in [0.05, 0.1) is 5.70 Å². The lowest BCUT2D eigenvalue weighted by molar-refractivity contribution is 0.579. The van der Waals surface area contributed by atoms with Crippen molar-refractivity contribution in [1.29, 1.82) is 0 Å². The summed E-state index contributed by atoms with van der Waals surface area (Å²) in [5.74, 6) is 0.772. The van der Waals surface area contributed by atoms with Gasteiger partial charge in [0.15, 0.2) is 17.5 Å². The molecule has 1 heterocycles. The maximum atomic E-state index is 14.9. The zero-order valence-corrected chi connectivity index (χ0v) is 23.4. The Balaban J connectivity index is 2.12. The van der Waals surface area contributed by atoms with Gasteiger partial charge in [-0.05, 0) is 69.4 Å². The number of thioether (sulfide) groups is 1. The molecule has 1 fully saturated rings. The first kappa shape index (κ1) is 28.4. The van der Waals surface area contributed by atoms with E-state index in [2.05, 4.69) is 40.9 Å². The number of amidine groups is 1. The van der Waals surface area contributed by atoms with E-state index in [1.54, 1.807) is 20.2 Å². The SMILES string of the molecule is C=C(/C(=C/C)N=CC(C)C)/C(=C(\N=C(/C)N(C)c1c(F)cc(SC)cc1F)Nc1cc(C)[nH]n1)C1CC1. The molecule has 0 unspecified atom stereocenters. The molecule has 1 aromatic carbocycles. The van der Waals surface area contributed by atoms with Crippen molar-refractivity contribution in [2.75, 3.05) is 23.5 Å². The number of aromatic amines is 1. The first-order valence-electron chi connectivity index (χ1n) is 12.3. The Kier molecular flexibility index (Phi) is 9.48. The highest BCUT2D eigenvalue weighted by Crippen LogP contribution is 2.44. The highest BCUT2D eigenvalue weighted by Gasteiger charge is 2.32. The molecule has 198 valence electrons. The summed E-state index contributed by atoms with van der Waals surface area (Å²) in [6.07, 6.45) is 7.59. The van der Waals surface area contributed by atoms with Crippen LogP contribution in [0.4, 0.5) is 20.3 Å². The zero-order chi connectivity index (χ0) is 27.3. The van der Waals surface area contributed by atoms with E-state index in [1.807, 2.05) is 32.2 Å². The van der Waals surface area contributed by atoms with Gasteiger partial charge in [-0.1, -0.05) is 26.5 Å². The summed E-state index contributed by atoms with van der Waals surface area (Å²) >= 11 is 1.28. The normalized spacial score (nSPS) is 15.4. The van der Waals surface area contributed by atoms with Crippen LogP contribution in [0.25, 0.3) is 0 Å². The van der Waals surface area contributed by atoms with Gasteiger partial charge in [-0.15, -0.1) is 11.8 Å². The van der Waals surface area contributed by atoms with Gasteiger partial charge < -0.3 is 10.2 Å². The smallest absolute Gasteiger partial charge is 0.153 e. The molecule has 1 aliphatic rings. The fraction of sp³-hybridized carbons (Fsp3) is 0.393. The summed E-state index contributed by atoms with van der Waals surface area (Å²) in [4.78, 5) is 11.5. The standard InChI is InChI=1S/C28H36F2N6S/c1-9-24(31-15-16(2)3)18(5)26(20-10-11-20)28(33-25-12-17(4)34-35-25)32-19(6)36(7)27-22(29)13-21(37-8)14-23(27)30/h9,12-16,20H,5,10-11H2,1-4,6-8H3,(H2,33,34,35)/b24-9-,28-26-,31-15?,32-19+. The second-order valence-corrected chi connectivity index (χ2v) is 10.3. The van der Waals surface area contributed by atoms with Crippen LogP contribution in [0, 0.1) is 30.4 Å². The minimum absolute atomic E-state index is 0.156. The number of nitrogens with zero attached hydrogens (tertiary/aromatic N) is 4. The number of aliphatic imine (C=N–C) groups is 2. The predicted octanol–water partition coefficient (Wildman–Crippen LogP) is 7.49. The number of rotatable bonds is 10. The first-order valence-corrected chi connectivity index (χ1v) is 13.5. The molecule has 0 spiro atoms. The van der Waals surface area contributed by atoms with Crippen molar-refractivity contribution < 1.29 is 8.78 Å². The van der Waals surface area contributed by atoms with Crippen molar-refractivity contribution in [3.63, 3.8) is 0 Å². The van der Waals surface area contributed by atoms with E-state index >= 15 is 0 Å². The molecule has 1 aromatic heterocycles. The van der Waals surface area contributed by atoms with Crippen LogP contribution >= 0.6 is 11.8 Å². The summed E-state index contributed by atoms with van der Waals surface area (Å²) in [5.41, 5.74) is 3.18. The Hall–Kier alpha value is -3.20. The van der Waals surface area contributed by atoms with Gasteiger partial charge in [0.25, 0.3) is 0 Å². The Labute approximate surface area is 222 Å². The minimum Gasteiger partial charge on any atom is -0.328 e. The van der Waals surface area contributed by atoms with Crippen LogP contribution in [0.2, 0.25) is 0 Å². The number of aromatic nitrogens is 2. The zero-order valence-electron chi connectivity index (χ0n) is 22.6. The second-order valence-electron chi connectivity index (χ2n) is 9.43. The molecule has 1 aliphatic carbocycles. The summed E-state index contributed by atoms with van der Waals surface area (Å²) in [7, 11) is 1.60. The van der Waals surface area contributed by atoms with E-state index in [4.69, 9.17) is 4.99 Å². The number of aryl methyl sites for hydroxylation is 1. The molecule has 2 N–H and O–H groups in total. The number of H-pyrrole nitrogens is 1. The van der Waals surface area contributed by atoms with E-state index in [-0.39, 0.29) is 17.5 Å². The van der Waals surface area contributed by atoms with Crippen LogP contribution < -0.4 is 10.2 Å². The van der Waals surface area contributed by atoms with Crippen molar-refractivity contribution in [3.8, 4) is 0 Å². The quantitative estimate of drug-likeness (QED) is 0.146. The Morgan fingerprint density at radius 2 is 1.92 bits per heavy atom. The molecule has 0 radical (unpaired) electrons. The summed E-state index contributed by atoms with van der Waals surface area (Å²) in [6.45, 7) is 14.1. The van der Waals surface area contributed by atoms with E-state index < -0.39 is 11.6 Å². The van der Waals surface area contributed by atoms with E-state index in [0.717, 1.165) is 35.4 Å². The average Bonchev–Trinajstić information content (AvgIpc) is 3.58. The predicted molar refractivity (Wildman–Crippen MR) is 153 cm³/mol. The third kappa shape index (κ3) is 7.19. The van der Waals surface area contributed by atoms with Gasteiger partial charge in [0.1, 0.15) is 17.3 Å². The van der Waals surface area contributed by atoms with E-state index in [9.17, 15) is 8.78 Å². The maximum Gasteiger partial charge on any atom is 0.153 e. The number of hydrogen-bond donors (Lipinski definition) is 2. The lowest BCUT2D eigenvalue weighted by atomic mass is 9.99. The number of hydrogen-bond acceptors (Lipinski definition) is 5. The number of benzene rings is 1. The van der Waals surface area contributed by atoms with Crippen LogP contribution in [-0.4, -0.2) is 35.6 Å². The van der Waals surface area contributed by atoms with Crippen LogP contribution in [-0.2, 0) is 0 Å². The van der Waals surface area contributed by atoms with Gasteiger partial charge in [-0.2, -0.15) is 5.10 Å². The van der Waals surface area contributed by atoms with E-state index in [1.165, 1.54) is 28.8 Å². The number of allylic oxidation sites excluding steroid dienone is 2. The highest BCUT2D eigenvalue weighted by molar-refractivity contribution is 7.98. The molecule has 9 heteroatoms. The minimum atomic E-state index is -0.645. The van der Waals surface area contributed by atoms with Crippen LogP contribution in [0.3, 0.4) is 0 Å². The second kappa shape index (κ2) is 12.4. The molecule has 3 rings (SSSR count). The van der Waals surface area contributed by atoms with Crippen molar-refractivity contribution >= 4 is 35.3 Å². The lowest BCUT2D eigenvalue weighted by Crippen LogP contribution is -2.26. The van der Waals surface area contributed by atoms with Crippen molar-refractivity contribution in [2.24, 2.45) is 21.8 Å². The number of nitrogens with one attached hydrogen (secondary N) is 2. The molecule has 0 bridgehead atoms. The van der Waals surface area contributed by atoms with Crippen LogP contribution in [0.15, 0.2) is 68.4 Å². The highest BCUT2D eigenvalue weighted by atomic mass is 32.2. The van der Waals surface area contributed by atoms with E-state index in [0.29, 0.717) is 22.4 Å². The monoisotopic (exact) mass is 526 g/mol. The average molecular weight is 527 g/mol. The molecule has 0 saturated heterocycles. The molecule has 37 heavy (non-hydrogen) atoms. The largest absolute Gasteiger partial charge is 0.328 e. The number of halogens is 2. The molecule has 0 amide bonds. The number of anilines is 2. The topological polar surface area (TPSA) is 68.7 Å². The van der Waals surface area contributed by atoms with Gasteiger partial charge in [0.2, 0.25) is 0 Å². The van der Waals surface area contributed by atoms with Gasteiger partial charge in [-0.3, -0.25) is 10.1 Å².